The molecule has 1 saturated carbocycles. The van der Waals surface area contributed by atoms with Crippen LogP contribution in [0.5, 0.6) is 5.75 Å². The average Bonchev–Trinajstić information content (AvgIpc) is 3.55. The molecular weight excluding hydrogens is 392 g/mol. The van der Waals surface area contributed by atoms with Crippen LogP contribution in [0.2, 0.25) is 0 Å². The molecule has 4 nitrogen and oxygen atoms in total. The van der Waals surface area contributed by atoms with Gasteiger partial charge in [0, 0.05) is 22.4 Å². The maximum Gasteiger partial charge on any atom is 0.254 e. The van der Waals surface area contributed by atoms with Gasteiger partial charge in [0.05, 0.1) is 12.2 Å². The SMILES string of the molecule is O=C(c1ccccc1)N(Cc1csc(COc2cccc3ccccc23)n1)C1CC1. The van der Waals surface area contributed by atoms with Gasteiger partial charge in [-0.3, -0.25) is 4.79 Å². The summed E-state index contributed by atoms with van der Waals surface area (Å²) in [5.74, 6) is 0.948. The monoisotopic (exact) mass is 414 g/mol. The molecule has 1 aromatic heterocycles. The van der Waals surface area contributed by atoms with E-state index in [0.717, 1.165) is 45.6 Å². The van der Waals surface area contributed by atoms with Crippen molar-refractivity contribution in [2.75, 3.05) is 0 Å². The number of benzene rings is 3. The van der Waals surface area contributed by atoms with Crippen molar-refractivity contribution < 1.29 is 9.53 Å². The van der Waals surface area contributed by atoms with Crippen molar-refractivity contribution in [1.29, 1.82) is 0 Å². The van der Waals surface area contributed by atoms with Gasteiger partial charge in [0.25, 0.3) is 5.91 Å². The Morgan fingerprint density at radius 1 is 1.00 bits per heavy atom. The van der Waals surface area contributed by atoms with Crippen molar-refractivity contribution in [1.82, 2.24) is 9.88 Å². The van der Waals surface area contributed by atoms with E-state index in [9.17, 15) is 4.79 Å². The van der Waals surface area contributed by atoms with Crippen molar-refractivity contribution in [2.24, 2.45) is 0 Å². The highest BCUT2D eigenvalue weighted by Gasteiger charge is 2.33. The molecule has 3 aromatic carbocycles. The highest BCUT2D eigenvalue weighted by molar-refractivity contribution is 7.09. The predicted octanol–water partition coefficient (Wildman–Crippen LogP) is 5.68. The zero-order chi connectivity index (χ0) is 20.3. The zero-order valence-corrected chi connectivity index (χ0v) is 17.3. The van der Waals surface area contributed by atoms with E-state index >= 15 is 0 Å². The van der Waals surface area contributed by atoms with Crippen molar-refractivity contribution in [3.63, 3.8) is 0 Å². The first-order valence-electron chi connectivity index (χ1n) is 10.2. The summed E-state index contributed by atoms with van der Waals surface area (Å²) in [6.07, 6.45) is 2.14. The van der Waals surface area contributed by atoms with Crippen molar-refractivity contribution in [3.05, 3.63) is 94.4 Å². The number of rotatable bonds is 7. The van der Waals surface area contributed by atoms with Gasteiger partial charge in [-0.25, -0.2) is 4.98 Å². The van der Waals surface area contributed by atoms with E-state index in [1.54, 1.807) is 11.3 Å². The van der Waals surface area contributed by atoms with Crippen molar-refractivity contribution in [3.8, 4) is 5.75 Å². The highest BCUT2D eigenvalue weighted by Crippen LogP contribution is 2.30. The summed E-state index contributed by atoms with van der Waals surface area (Å²) in [5, 5.41) is 5.22. The molecule has 5 heteroatoms. The molecule has 1 heterocycles. The first kappa shape index (κ1) is 18.8. The van der Waals surface area contributed by atoms with Gasteiger partial charge in [0.1, 0.15) is 17.4 Å². The normalized spacial score (nSPS) is 13.3. The number of ether oxygens (including phenoxy) is 1. The molecule has 4 aromatic rings. The third-order valence-electron chi connectivity index (χ3n) is 5.30. The number of carbonyl (C=O) groups is 1. The van der Waals surface area contributed by atoms with Crippen molar-refractivity contribution in [2.45, 2.75) is 32.0 Å². The summed E-state index contributed by atoms with van der Waals surface area (Å²) < 4.78 is 6.07. The number of fused-ring (bicyclic) bond motifs is 1. The largest absolute Gasteiger partial charge is 0.486 e. The Balaban J connectivity index is 1.27. The van der Waals surface area contributed by atoms with Gasteiger partial charge in [-0.2, -0.15) is 0 Å². The van der Waals surface area contributed by atoms with E-state index in [-0.39, 0.29) is 5.91 Å². The molecular formula is C25H22N2O2S. The summed E-state index contributed by atoms with van der Waals surface area (Å²) in [7, 11) is 0. The third kappa shape index (κ3) is 4.07. The van der Waals surface area contributed by atoms with Gasteiger partial charge in [-0.05, 0) is 36.4 Å². The molecule has 1 aliphatic carbocycles. The Morgan fingerprint density at radius 3 is 2.60 bits per heavy atom. The lowest BCUT2D eigenvalue weighted by molar-refractivity contribution is 0.0728. The summed E-state index contributed by atoms with van der Waals surface area (Å²) in [6, 6.07) is 24.1. The lowest BCUT2D eigenvalue weighted by Gasteiger charge is -2.21. The molecule has 0 radical (unpaired) electrons. The summed E-state index contributed by atoms with van der Waals surface area (Å²) in [5.41, 5.74) is 1.66. The van der Waals surface area contributed by atoms with Crippen LogP contribution in [0, 0.1) is 0 Å². The molecule has 5 rings (SSSR count). The van der Waals surface area contributed by atoms with Gasteiger partial charge in [0.15, 0.2) is 0 Å². The maximum absolute atomic E-state index is 12.9. The van der Waals surface area contributed by atoms with Crippen LogP contribution in [-0.4, -0.2) is 21.8 Å². The molecule has 0 spiro atoms. The van der Waals surface area contributed by atoms with Crippen LogP contribution in [0.1, 0.15) is 33.9 Å². The van der Waals surface area contributed by atoms with Gasteiger partial charge in [0.2, 0.25) is 0 Å². The van der Waals surface area contributed by atoms with E-state index in [4.69, 9.17) is 9.72 Å². The van der Waals surface area contributed by atoms with E-state index in [1.165, 1.54) is 0 Å². The lowest BCUT2D eigenvalue weighted by Crippen LogP contribution is -2.32. The smallest absolute Gasteiger partial charge is 0.254 e. The van der Waals surface area contributed by atoms with Crippen LogP contribution in [0.4, 0.5) is 0 Å². The molecule has 0 saturated heterocycles. The Morgan fingerprint density at radius 2 is 1.77 bits per heavy atom. The van der Waals surface area contributed by atoms with Crippen LogP contribution < -0.4 is 4.74 Å². The average molecular weight is 415 g/mol. The molecule has 150 valence electrons. The van der Waals surface area contributed by atoms with Gasteiger partial charge in [-0.15, -0.1) is 11.3 Å². The topological polar surface area (TPSA) is 42.4 Å². The number of nitrogens with zero attached hydrogens (tertiary/aromatic N) is 2. The van der Waals surface area contributed by atoms with Crippen LogP contribution in [-0.2, 0) is 13.2 Å². The number of amides is 1. The minimum Gasteiger partial charge on any atom is -0.486 e. The molecule has 1 aliphatic rings. The number of carbonyl (C=O) groups excluding carboxylic acids is 1. The van der Waals surface area contributed by atoms with Gasteiger partial charge >= 0.3 is 0 Å². The highest BCUT2D eigenvalue weighted by atomic mass is 32.1. The molecule has 30 heavy (non-hydrogen) atoms. The van der Waals surface area contributed by atoms with Gasteiger partial charge in [-0.1, -0.05) is 54.6 Å². The fourth-order valence-corrected chi connectivity index (χ4v) is 4.32. The predicted molar refractivity (Wildman–Crippen MR) is 120 cm³/mol. The Labute approximate surface area is 179 Å². The quantitative estimate of drug-likeness (QED) is 0.391. The molecule has 0 unspecified atom stereocenters. The minimum atomic E-state index is 0.0830. The van der Waals surface area contributed by atoms with E-state index < -0.39 is 0 Å². The van der Waals surface area contributed by atoms with E-state index in [2.05, 4.69) is 18.2 Å². The first-order valence-corrected chi connectivity index (χ1v) is 11.1. The first-order chi connectivity index (χ1) is 14.8. The molecule has 0 N–H and O–H groups in total. The Kier molecular flexibility index (Phi) is 5.20. The zero-order valence-electron chi connectivity index (χ0n) is 16.5. The van der Waals surface area contributed by atoms with E-state index in [0.29, 0.717) is 19.2 Å². The number of thiazole rings is 1. The van der Waals surface area contributed by atoms with Crippen LogP contribution >= 0.6 is 11.3 Å². The maximum atomic E-state index is 12.9. The van der Waals surface area contributed by atoms with Crippen LogP contribution in [0.15, 0.2) is 78.2 Å². The molecule has 1 amide bonds. The standard InChI is InChI=1S/C25H22N2O2S/c28-25(19-8-2-1-3-9-19)27(21-13-14-21)15-20-17-30-24(26-20)16-29-23-12-6-10-18-7-4-5-11-22(18)23/h1-12,17,21H,13-16H2. The second-order valence-electron chi connectivity index (χ2n) is 7.53. The number of aromatic nitrogens is 1. The van der Waals surface area contributed by atoms with Crippen molar-refractivity contribution >= 4 is 28.0 Å². The molecule has 0 aliphatic heterocycles. The Bertz CT molecular complexity index is 1160. The van der Waals surface area contributed by atoms with Gasteiger partial charge < -0.3 is 9.64 Å². The second-order valence-corrected chi connectivity index (χ2v) is 8.47. The minimum absolute atomic E-state index is 0.0830. The summed E-state index contributed by atoms with van der Waals surface area (Å²) >= 11 is 1.58. The van der Waals surface area contributed by atoms with Crippen LogP contribution in [0.25, 0.3) is 10.8 Å². The third-order valence-corrected chi connectivity index (χ3v) is 6.17. The van der Waals surface area contributed by atoms with E-state index in [1.807, 2.05) is 64.9 Å². The summed E-state index contributed by atoms with van der Waals surface area (Å²) in [6.45, 7) is 0.970. The molecule has 1 fully saturated rings. The fourth-order valence-electron chi connectivity index (χ4n) is 3.62. The number of hydrogen-bond acceptors (Lipinski definition) is 4. The Hall–Kier alpha value is -3.18. The fraction of sp³-hybridized carbons (Fsp3) is 0.200. The molecule has 0 atom stereocenters. The number of hydrogen-bond donors (Lipinski definition) is 0. The second kappa shape index (κ2) is 8.28. The summed E-state index contributed by atoms with van der Waals surface area (Å²) in [4.78, 5) is 19.6. The van der Waals surface area contributed by atoms with Crippen LogP contribution in [0.3, 0.4) is 0 Å². The lowest BCUT2D eigenvalue weighted by atomic mass is 10.1. The molecule has 0 bridgehead atoms.